The number of aromatic nitrogens is 3. The van der Waals surface area contributed by atoms with Gasteiger partial charge in [0, 0.05) is 5.39 Å². The number of ether oxygens (including phenoxy) is 1. The minimum Gasteiger partial charge on any atom is -0.505 e. The molecule has 17 nitrogen and oxygen atoms in total. The van der Waals surface area contributed by atoms with Gasteiger partial charge in [-0.1, -0.05) is 6.07 Å². The van der Waals surface area contributed by atoms with Gasteiger partial charge in [-0.2, -0.15) is 40.2 Å². The van der Waals surface area contributed by atoms with Gasteiger partial charge in [0.1, 0.15) is 21.2 Å². The fraction of sp³-hybridized carbons (Fsp3) is 0.0952. The van der Waals surface area contributed by atoms with Gasteiger partial charge in [-0.25, -0.2) is 0 Å². The van der Waals surface area contributed by atoms with E-state index in [0.29, 0.717) is 11.6 Å². The van der Waals surface area contributed by atoms with Crippen molar-refractivity contribution in [1.82, 2.24) is 15.0 Å². The van der Waals surface area contributed by atoms with E-state index in [1.54, 1.807) is 0 Å². The summed E-state index contributed by atoms with van der Waals surface area (Å²) in [6.07, 6.45) is 0. The predicted octanol–water partition coefficient (Wildman–Crippen LogP) is 3.60. The Kier molecular flexibility index (Phi) is 8.08. The standard InChI is InChI=1S/C21H17ClN6O11S3/c1-9-3-4-12(14(5-9)41(33,34)35)27-28-17-15(42(36,37)38)7-10-6-11(40(30,31)32)8-13(16(10)18(17)29)23-20-24-19(22)25-21(26-20)39-2/h3-8,29H,1-2H3,(H,30,31,32)(H,33,34,35)(H,36,37,38)(H,23,24,25,26). The van der Waals surface area contributed by atoms with Crippen molar-refractivity contribution in [3.05, 3.63) is 47.2 Å². The molecule has 0 radical (unpaired) electrons. The molecule has 4 aromatic rings. The third kappa shape index (κ3) is 6.54. The van der Waals surface area contributed by atoms with Crippen LogP contribution in [0.5, 0.6) is 11.8 Å². The zero-order chi connectivity index (χ0) is 31.2. The van der Waals surface area contributed by atoms with E-state index in [1.165, 1.54) is 20.1 Å². The van der Waals surface area contributed by atoms with Crippen LogP contribution in [0.4, 0.5) is 23.0 Å². The highest BCUT2D eigenvalue weighted by Crippen LogP contribution is 2.46. The Labute approximate surface area is 242 Å². The smallest absolute Gasteiger partial charge is 0.322 e. The SMILES string of the molecule is COc1nc(Cl)nc(Nc2cc(S(=O)(=O)O)cc3cc(S(=O)(=O)O)c(N=Nc4ccc(C)cc4S(=O)(=O)O)c(O)c23)n1. The Balaban J connectivity index is 2.06. The molecule has 0 amide bonds. The fourth-order valence-electron chi connectivity index (χ4n) is 3.61. The Morgan fingerprint density at radius 3 is 2.12 bits per heavy atom. The number of phenols is 1. The maximum atomic E-state index is 12.3. The molecule has 1 heterocycles. The second-order valence-corrected chi connectivity index (χ2v) is 12.8. The molecular weight excluding hydrogens is 644 g/mol. The molecule has 0 atom stereocenters. The van der Waals surface area contributed by atoms with Crippen molar-refractivity contribution < 1.29 is 48.8 Å². The van der Waals surface area contributed by atoms with Crippen LogP contribution < -0.4 is 10.1 Å². The Bertz CT molecular complexity index is 2120. The van der Waals surface area contributed by atoms with Crippen LogP contribution in [0, 0.1) is 6.92 Å². The van der Waals surface area contributed by atoms with Gasteiger partial charge in [0.2, 0.25) is 11.2 Å². The van der Waals surface area contributed by atoms with E-state index in [1.807, 2.05) is 0 Å². The first-order valence-corrected chi connectivity index (χ1v) is 15.6. The summed E-state index contributed by atoms with van der Waals surface area (Å²) in [5, 5.41) is 20.0. The number of nitrogens with one attached hydrogen (secondary N) is 1. The van der Waals surface area contributed by atoms with Crippen LogP contribution in [-0.4, -0.2) is 66.1 Å². The first-order chi connectivity index (χ1) is 19.4. The summed E-state index contributed by atoms with van der Waals surface area (Å²) in [5.74, 6) is -1.36. The maximum Gasteiger partial charge on any atom is 0.322 e. The molecule has 1 aromatic heterocycles. The number of aryl methyl sites for hydroxylation is 1. The number of aromatic hydroxyl groups is 1. The molecule has 222 valence electrons. The van der Waals surface area contributed by atoms with Crippen molar-refractivity contribution in [2.75, 3.05) is 12.4 Å². The molecule has 4 rings (SSSR count). The molecule has 0 fully saturated rings. The average Bonchev–Trinajstić information content (AvgIpc) is 2.86. The van der Waals surface area contributed by atoms with Gasteiger partial charge in [-0.05, 0) is 59.8 Å². The summed E-state index contributed by atoms with van der Waals surface area (Å²) < 4.78 is 106. The normalized spacial score (nSPS) is 12.6. The summed E-state index contributed by atoms with van der Waals surface area (Å²) in [6, 6.07) is 5.64. The summed E-state index contributed by atoms with van der Waals surface area (Å²) in [7, 11) is -13.8. The van der Waals surface area contributed by atoms with Crippen molar-refractivity contribution in [2.45, 2.75) is 21.6 Å². The van der Waals surface area contributed by atoms with E-state index in [2.05, 4.69) is 30.5 Å². The number of hydrogen-bond acceptors (Lipinski definition) is 14. The lowest BCUT2D eigenvalue weighted by atomic mass is 10.1. The molecule has 0 saturated heterocycles. The molecule has 5 N–H and O–H groups in total. The zero-order valence-electron chi connectivity index (χ0n) is 20.9. The number of hydrogen-bond donors (Lipinski definition) is 5. The van der Waals surface area contributed by atoms with E-state index in [0.717, 1.165) is 24.3 Å². The zero-order valence-corrected chi connectivity index (χ0v) is 24.2. The molecule has 42 heavy (non-hydrogen) atoms. The molecule has 0 aliphatic heterocycles. The molecule has 0 spiro atoms. The third-order valence-electron chi connectivity index (χ3n) is 5.37. The number of azo groups is 1. The van der Waals surface area contributed by atoms with Crippen molar-refractivity contribution >= 4 is 75.7 Å². The summed E-state index contributed by atoms with van der Waals surface area (Å²) in [4.78, 5) is 8.80. The summed E-state index contributed by atoms with van der Waals surface area (Å²) in [5.41, 5.74) is -1.32. The summed E-state index contributed by atoms with van der Waals surface area (Å²) >= 11 is 5.85. The van der Waals surface area contributed by atoms with Crippen molar-refractivity contribution in [1.29, 1.82) is 0 Å². The fourth-order valence-corrected chi connectivity index (χ4v) is 5.68. The molecule has 0 saturated carbocycles. The van der Waals surface area contributed by atoms with Gasteiger partial charge >= 0.3 is 6.01 Å². The van der Waals surface area contributed by atoms with Crippen LogP contribution in [-0.2, 0) is 30.4 Å². The van der Waals surface area contributed by atoms with Gasteiger partial charge in [-0.15, -0.1) is 10.2 Å². The molecule has 0 aliphatic carbocycles. The third-order valence-corrected chi connectivity index (χ3v) is 8.12. The van der Waals surface area contributed by atoms with E-state index < -0.39 is 62.2 Å². The molecule has 0 unspecified atom stereocenters. The van der Waals surface area contributed by atoms with Crippen molar-refractivity contribution in [3.63, 3.8) is 0 Å². The lowest BCUT2D eigenvalue weighted by Gasteiger charge is -2.15. The minimum absolute atomic E-state index is 0.271. The van der Waals surface area contributed by atoms with Crippen LogP contribution in [0.2, 0.25) is 5.28 Å². The highest BCUT2D eigenvalue weighted by atomic mass is 35.5. The quantitative estimate of drug-likeness (QED) is 0.133. The van der Waals surface area contributed by atoms with Crippen LogP contribution in [0.25, 0.3) is 10.8 Å². The lowest BCUT2D eigenvalue weighted by molar-refractivity contribution is 0.379. The summed E-state index contributed by atoms with van der Waals surface area (Å²) in [6.45, 7) is 1.52. The van der Waals surface area contributed by atoms with E-state index >= 15 is 0 Å². The van der Waals surface area contributed by atoms with Crippen molar-refractivity contribution in [3.8, 4) is 11.8 Å². The number of rotatable bonds is 8. The van der Waals surface area contributed by atoms with E-state index in [4.69, 9.17) is 16.3 Å². The molecule has 0 aliphatic rings. The molecule has 0 bridgehead atoms. The van der Waals surface area contributed by atoms with Crippen LogP contribution >= 0.6 is 11.6 Å². The monoisotopic (exact) mass is 660 g/mol. The Morgan fingerprint density at radius 1 is 0.857 bits per heavy atom. The Hall–Kier alpha value is -4.05. The topological polar surface area (TPSA) is 268 Å². The highest BCUT2D eigenvalue weighted by molar-refractivity contribution is 7.86. The largest absolute Gasteiger partial charge is 0.505 e. The van der Waals surface area contributed by atoms with Gasteiger partial charge in [0.05, 0.1) is 17.7 Å². The predicted molar refractivity (Wildman–Crippen MR) is 145 cm³/mol. The number of benzene rings is 3. The number of phenolic OH excluding ortho intramolecular Hbond substituents is 1. The van der Waals surface area contributed by atoms with Crippen molar-refractivity contribution in [2.24, 2.45) is 10.2 Å². The molecule has 3 aromatic carbocycles. The minimum atomic E-state index is -5.21. The molecular formula is C21H17ClN6O11S3. The average molecular weight is 661 g/mol. The second kappa shape index (κ2) is 11.0. The number of halogens is 1. The van der Waals surface area contributed by atoms with E-state index in [-0.39, 0.29) is 33.7 Å². The number of nitrogens with zero attached hydrogens (tertiary/aromatic N) is 5. The highest BCUT2D eigenvalue weighted by Gasteiger charge is 2.26. The Morgan fingerprint density at radius 2 is 1.52 bits per heavy atom. The van der Waals surface area contributed by atoms with Gasteiger partial charge < -0.3 is 15.2 Å². The van der Waals surface area contributed by atoms with Crippen LogP contribution in [0.1, 0.15) is 5.56 Å². The van der Waals surface area contributed by atoms with Crippen LogP contribution in [0.3, 0.4) is 0 Å². The number of fused-ring (bicyclic) bond motifs is 1. The first kappa shape index (κ1) is 30.9. The van der Waals surface area contributed by atoms with Crippen LogP contribution in [0.15, 0.2) is 61.3 Å². The number of anilines is 2. The molecule has 21 heteroatoms. The number of methoxy groups -OCH3 is 1. The lowest BCUT2D eigenvalue weighted by Crippen LogP contribution is -2.05. The first-order valence-electron chi connectivity index (χ1n) is 10.9. The maximum absolute atomic E-state index is 12.3. The van der Waals surface area contributed by atoms with Gasteiger partial charge in [0.25, 0.3) is 30.4 Å². The van der Waals surface area contributed by atoms with Gasteiger partial charge in [-0.3, -0.25) is 13.7 Å². The second-order valence-electron chi connectivity index (χ2n) is 8.28. The van der Waals surface area contributed by atoms with E-state index in [9.17, 15) is 44.0 Å². The van der Waals surface area contributed by atoms with Gasteiger partial charge in [0.15, 0.2) is 5.75 Å².